The standard InChI is InChI=1S/Ca.H3O6PSi/c;1-7(2,3)6-8(4)5/h;4H,(H2,1,2,3)/q+2;/p-2. The van der Waals surface area contributed by atoms with Crippen molar-refractivity contribution in [1.29, 1.82) is 0 Å². The van der Waals surface area contributed by atoms with Crippen LogP contribution in [0, 0.1) is 0 Å². The van der Waals surface area contributed by atoms with Gasteiger partial charge in [-0.05, 0) is 0 Å². The Kier molecular flexibility index (Phi) is 6.74. The van der Waals surface area contributed by atoms with E-state index < -0.39 is 17.0 Å². The Morgan fingerprint density at radius 2 is 1.89 bits per heavy atom. The summed E-state index contributed by atoms with van der Waals surface area (Å²) < 4.78 is 21.7. The minimum atomic E-state index is -5.24. The molecule has 0 saturated carbocycles. The Morgan fingerprint density at radius 1 is 1.56 bits per heavy atom. The van der Waals surface area contributed by atoms with Crippen LogP contribution in [0.1, 0.15) is 0 Å². The largest absolute Gasteiger partial charge is 2.00 e. The van der Waals surface area contributed by atoms with E-state index in [0.717, 1.165) is 0 Å². The molecule has 0 rings (SSSR count). The van der Waals surface area contributed by atoms with Gasteiger partial charge in [0.15, 0.2) is 0 Å². The molecule has 0 atom stereocenters. The zero-order valence-electron chi connectivity index (χ0n) is 4.14. The monoisotopic (exact) mass is 196 g/mol. The Morgan fingerprint density at radius 3 is 1.89 bits per heavy atom. The van der Waals surface area contributed by atoms with Crippen molar-refractivity contribution in [2.45, 2.75) is 0 Å². The minimum absolute atomic E-state index is 0. The van der Waals surface area contributed by atoms with Crippen LogP contribution >= 0.6 is 7.82 Å². The van der Waals surface area contributed by atoms with Crippen molar-refractivity contribution >= 4 is 54.7 Å². The van der Waals surface area contributed by atoms with Gasteiger partial charge in [-0.15, -0.1) is 0 Å². The van der Waals surface area contributed by atoms with Crippen LogP contribution in [0.5, 0.6) is 0 Å². The van der Waals surface area contributed by atoms with Crippen molar-refractivity contribution in [2.75, 3.05) is 0 Å². The molecule has 0 heterocycles. The van der Waals surface area contributed by atoms with E-state index in [1.165, 1.54) is 0 Å². The molecule has 0 aromatic rings. The summed E-state index contributed by atoms with van der Waals surface area (Å²) in [6.45, 7) is 0. The molecule has 0 aliphatic heterocycles. The maximum absolute atomic E-state index is 9.41. The summed E-state index contributed by atoms with van der Waals surface area (Å²) in [5.41, 5.74) is 0. The average molecular weight is 196 g/mol. The van der Waals surface area contributed by atoms with Crippen molar-refractivity contribution in [3.05, 3.63) is 0 Å². The first kappa shape index (κ1) is 12.7. The summed E-state index contributed by atoms with van der Waals surface area (Å²) >= 11 is 0. The number of hydrogen-bond donors (Lipinski definition) is 1. The van der Waals surface area contributed by atoms with Crippen molar-refractivity contribution in [2.24, 2.45) is 0 Å². The molecule has 0 aromatic carbocycles. The average Bonchev–Trinajstić information content (AvgIpc) is 1.21. The molecule has 9 heavy (non-hydrogen) atoms. The van der Waals surface area contributed by atoms with Gasteiger partial charge >= 0.3 is 46.9 Å². The Balaban J connectivity index is 0. The predicted octanol–water partition coefficient (Wildman–Crippen LogP) is -3.14. The second-order valence-corrected chi connectivity index (χ2v) is 2.96. The Bertz CT molecular complexity index is 136. The summed E-state index contributed by atoms with van der Waals surface area (Å²) in [5.74, 6) is 0. The molecular formula is HCaO6PSi. The fourth-order valence-corrected chi connectivity index (χ4v) is 0.861. The fourth-order valence-electron chi connectivity index (χ4n) is 0.0956. The second kappa shape index (κ2) is 4.78. The van der Waals surface area contributed by atoms with Crippen molar-refractivity contribution < 1.29 is 27.8 Å². The van der Waals surface area contributed by atoms with Gasteiger partial charge in [-0.25, -0.2) is 0 Å². The quantitative estimate of drug-likeness (QED) is 0.369. The minimum Gasteiger partial charge on any atom is -0.781 e. The first-order chi connectivity index (χ1) is 3.42. The van der Waals surface area contributed by atoms with Crippen LogP contribution in [0.3, 0.4) is 0 Å². The molecule has 9 heteroatoms. The van der Waals surface area contributed by atoms with E-state index in [1.54, 1.807) is 0 Å². The summed E-state index contributed by atoms with van der Waals surface area (Å²) in [5, 5.41) is 0. The summed E-state index contributed by atoms with van der Waals surface area (Å²) in [6.07, 6.45) is 0. The van der Waals surface area contributed by atoms with E-state index in [2.05, 4.69) is 4.21 Å². The van der Waals surface area contributed by atoms with Crippen LogP contribution in [-0.4, -0.2) is 51.7 Å². The first-order valence-corrected chi connectivity index (χ1v) is 4.09. The molecule has 48 valence electrons. The molecule has 0 unspecified atom stereocenters. The van der Waals surface area contributed by atoms with Gasteiger partial charge in [0.05, 0.1) is 0 Å². The van der Waals surface area contributed by atoms with Crippen molar-refractivity contribution in [1.82, 2.24) is 0 Å². The molecule has 6 nitrogen and oxygen atoms in total. The van der Waals surface area contributed by atoms with Crippen LogP contribution in [0.2, 0.25) is 0 Å². The van der Waals surface area contributed by atoms with Crippen LogP contribution in [-0.2, 0) is 13.2 Å². The molecule has 0 radical (unpaired) electrons. The third-order valence-electron chi connectivity index (χ3n) is 0.190. The van der Waals surface area contributed by atoms with E-state index >= 15 is 0 Å². The Hall–Kier alpha value is 1.03. The Labute approximate surface area is 82.0 Å². The van der Waals surface area contributed by atoms with Crippen LogP contribution in [0.4, 0.5) is 0 Å². The van der Waals surface area contributed by atoms with Gasteiger partial charge in [0.1, 0.15) is 7.82 Å². The first-order valence-electron chi connectivity index (χ1n) is 1.36. The molecule has 0 aromatic heterocycles. The predicted molar refractivity (Wildman–Crippen MR) is 23.1 cm³/mol. The normalized spacial score (nSPS) is 9.56. The molecular weight excluding hydrogens is 195 g/mol. The van der Waals surface area contributed by atoms with Gasteiger partial charge in [0.25, 0.3) is 0 Å². The molecule has 0 aliphatic carbocycles. The van der Waals surface area contributed by atoms with Crippen molar-refractivity contribution in [3.63, 3.8) is 0 Å². The van der Waals surface area contributed by atoms with Gasteiger partial charge in [0, 0.05) is 0 Å². The SMILES string of the molecule is O=[Si](O)OP(=O)([O-])[O-].[Ca+2]. The maximum Gasteiger partial charge on any atom is 2.00 e. The van der Waals surface area contributed by atoms with Crippen LogP contribution < -0.4 is 9.79 Å². The van der Waals surface area contributed by atoms with E-state index in [9.17, 15) is 18.8 Å². The summed E-state index contributed by atoms with van der Waals surface area (Å²) in [4.78, 5) is 26.4. The number of rotatable bonds is 2. The van der Waals surface area contributed by atoms with Crippen molar-refractivity contribution in [3.8, 4) is 0 Å². The van der Waals surface area contributed by atoms with Gasteiger partial charge in [-0.2, -0.15) is 0 Å². The van der Waals surface area contributed by atoms with E-state index in [-0.39, 0.29) is 37.7 Å². The summed E-state index contributed by atoms with van der Waals surface area (Å²) in [7, 11) is -8.87. The fraction of sp³-hybridized carbons (Fsp3) is 0. The molecule has 0 bridgehead atoms. The van der Waals surface area contributed by atoms with Gasteiger partial charge in [-0.1, -0.05) is 0 Å². The molecule has 0 amide bonds. The maximum atomic E-state index is 9.41. The summed E-state index contributed by atoms with van der Waals surface area (Å²) in [6, 6.07) is 0. The molecule has 0 fully saturated rings. The zero-order chi connectivity index (χ0) is 6.78. The third-order valence-corrected chi connectivity index (χ3v) is 1.71. The third kappa shape index (κ3) is 12.3. The number of phosphoric acid groups is 1. The molecule has 0 spiro atoms. The van der Waals surface area contributed by atoms with E-state index in [1.807, 2.05) is 0 Å². The zero-order valence-corrected chi connectivity index (χ0v) is 8.25. The van der Waals surface area contributed by atoms with E-state index in [0.29, 0.717) is 0 Å². The molecule has 0 aliphatic rings. The van der Waals surface area contributed by atoms with E-state index in [4.69, 9.17) is 4.80 Å². The van der Waals surface area contributed by atoms with Crippen LogP contribution in [0.25, 0.3) is 0 Å². The molecule has 0 saturated heterocycles. The number of hydrogen-bond acceptors (Lipinski definition) is 5. The second-order valence-electron chi connectivity index (χ2n) is 0.804. The van der Waals surface area contributed by atoms with Gasteiger partial charge in [0.2, 0.25) is 0 Å². The smallest absolute Gasteiger partial charge is 0.781 e. The van der Waals surface area contributed by atoms with Crippen LogP contribution in [0.15, 0.2) is 0 Å². The van der Waals surface area contributed by atoms with Gasteiger partial charge in [-0.3, -0.25) is 4.46 Å². The topological polar surface area (TPSA) is 110 Å². The molecule has 1 N–H and O–H groups in total. The van der Waals surface area contributed by atoms with Gasteiger partial charge < -0.3 is 23.4 Å².